The molecule has 2 atom stereocenters. The van der Waals surface area contributed by atoms with Crippen LogP contribution in [0.15, 0.2) is 22.7 Å². The first kappa shape index (κ1) is 14.9. The third kappa shape index (κ3) is 3.77. The Morgan fingerprint density at radius 3 is 2.79 bits per heavy atom. The third-order valence-electron chi connectivity index (χ3n) is 3.66. The van der Waals surface area contributed by atoms with Crippen molar-refractivity contribution < 1.29 is 12.8 Å². The van der Waals surface area contributed by atoms with Crippen molar-refractivity contribution in [3.05, 3.63) is 34.1 Å². The van der Waals surface area contributed by atoms with Gasteiger partial charge in [-0.05, 0) is 43.5 Å². The van der Waals surface area contributed by atoms with Crippen LogP contribution < -0.4 is 5.32 Å². The highest BCUT2D eigenvalue weighted by atomic mass is 79.9. The van der Waals surface area contributed by atoms with Gasteiger partial charge in [0, 0.05) is 10.5 Å². The molecule has 0 saturated carbocycles. The Hall–Kier alpha value is -0.460. The van der Waals surface area contributed by atoms with Crippen LogP contribution in [0.2, 0.25) is 0 Å². The summed E-state index contributed by atoms with van der Waals surface area (Å²) < 4.78 is 37.6. The van der Waals surface area contributed by atoms with Crippen LogP contribution in [0.5, 0.6) is 0 Å². The summed E-state index contributed by atoms with van der Waals surface area (Å²) in [6, 6.07) is 4.98. The van der Waals surface area contributed by atoms with E-state index < -0.39 is 9.84 Å². The molecule has 0 aliphatic carbocycles. The lowest BCUT2D eigenvalue weighted by molar-refractivity contribution is 0.398. The lowest BCUT2D eigenvalue weighted by Gasteiger charge is -2.22. The molecule has 19 heavy (non-hydrogen) atoms. The molecule has 3 nitrogen and oxygen atoms in total. The van der Waals surface area contributed by atoms with E-state index in [1.807, 2.05) is 0 Å². The standard InChI is InChI=1S/C13H17BrFNO2S/c1-16-13(10-4-5-19(17,18)8-10)6-9-2-3-11(14)7-12(9)15/h2-3,7,10,13,16H,4-6,8H2,1H3. The van der Waals surface area contributed by atoms with Crippen LogP contribution in [-0.2, 0) is 16.3 Å². The molecular formula is C13H17BrFNO2S. The quantitative estimate of drug-likeness (QED) is 0.905. The fourth-order valence-corrected chi connectivity index (χ4v) is 4.78. The second kappa shape index (κ2) is 5.89. The molecule has 1 aliphatic heterocycles. The van der Waals surface area contributed by atoms with Crippen molar-refractivity contribution in [3.63, 3.8) is 0 Å². The fourth-order valence-electron chi connectivity index (χ4n) is 2.57. The minimum atomic E-state index is -2.90. The Balaban J connectivity index is 2.11. The first-order valence-corrected chi connectivity index (χ1v) is 8.84. The minimum Gasteiger partial charge on any atom is -0.316 e. The molecule has 0 amide bonds. The van der Waals surface area contributed by atoms with E-state index in [0.717, 1.165) is 0 Å². The van der Waals surface area contributed by atoms with Gasteiger partial charge in [0.1, 0.15) is 5.82 Å². The molecular weight excluding hydrogens is 333 g/mol. The van der Waals surface area contributed by atoms with Crippen LogP contribution in [0.1, 0.15) is 12.0 Å². The molecule has 0 bridgehead atoms. The van der Waals surface area contributed by atoms with E-state index in [9.17, 15) is 12.8 Å². The van der Waals surface area contributed by atoms with Crippen LogP contribution in [0.25, 0.3) is 0 Å². The summed E-state index contributed by atoms with van der Waals surface area (Å²) in [7, 11) is -1.10. The van der Waals surface area contributed by atoms with Gasteiger partial charge < -0.3 is 5.32 Å². The molecule has 0 spiro atoms. The maximum absolute atomic E-state index is 13.8. The normalized spacial score (nSPS) is 23.4. The largest absolute Gasteiger partial charge is 0.316 e. The highest BCUT2D eigenvalue weighted by molar-refractivity contribution is 9.10. The van der Waals surface area contributed by atoms with Crippen molar-refractivity contribution in [1.82, 2.24) is 5.32 Å². The van der Waals surface area contributed by atoms with Gasteiger partial charge in [0.15, 0.2) is 9.84 Å². The van der Waals surface area contributed by atoms with Crippen LogP contribution >= 0.6 is 15.9 Å². The molecule has 1 heterocycles. The van der Waals surface area contributed by atoms with Gasteiger partial charge in [-0.25, -0.2) is 12.8 Å². The van der Waals surface area contributed by atoms with Gasteiger partial charge in [0.25, 0.3) is 0 Å². The van der Waals surface area contributed by atoms with Crippen molar-refractivity contribution in [3.8, 4) is 0 Å². The van der Waals surface area contributed by atoms with Gasteiger partial charge >= 0.3 is 0 Å². The van der Waals surface area contributed by atoms with Crippen molar-refractivity contribution in [2.24, 2.45) is 5.92 Å². The first-order valence-electron chi connectivity index (χ1n) is 6.23. The molecule has 0 radical (unpaired) electrons. The number of hydrogen-bond acceptors (Lipinski definition) is 3. The summed E-state index contributed by atoms with van der Waals surface area (Å²) in [5.74, 6) is 0.267. The molecule has 2 rings (SSSR count). The lowest BCUT2D eigenvalue weighted by atomic mass is 9.93. The molecule has 2 unspecified atom stereocenters. The van der Waals surface area contributed by atoms with E-state index in [-0.39, 0.29) is 29.3 Å². The number of likely N-dealkylation sites (N-methyl/N-ethyl adjacent to an activating group) is 1. The summed E-state index contributed by atoms with van der Waals surface area (Å²) in [6.45, 7) is 0. The Morgan fingerprint density at radius 2 is 2.26 bits per heavy atom. The summed E-state index contributed by atoms with van der Waals surface area (Å²) >= 11 is 3.23. The Morgan fingerprint density at radius 1 is 1.53 bits per heavy atom. The average Bonchev–Trinajstić information content (AvgIpc) is 2.69. The van der Waals surface area contributed by atoms with E-state index in [4.69, 9.17) is 0 Å². The van der Waals surface area contributed by atoms with Crippen molar-refractivity contribution >= 4 is 25.8 Å². The van der Waals surface area contributed by atoms with Gasteiger partial charge in [-0.2, -0.15) is 0 Å². The summed E-state index contributed by atoms with van der Waals surface area (Å²) in [6.07, 6.45) is 1.17. The molecule has 1 aromatic carbocycles. The van der Waals surface area contributed by atoms with Gasteiger partial charge in [-0.1, -0.05) is 22.0 Å². The highest BCUT2D eigenvalue weighted by Crippen LogP contribution is 2.25. The van der Waals surface area contributed by atoms with E-state index in [2.05, 4.69) is 21.2 Å². The number of halogens is 2. The van der Waals surface area contributed by atoms with E-state index in [1.165, 1.54) is 6.07 Å². The molecule has 1 saturated heterocycles. The van der Waals surface area contributed by atoms with Crippen LogP contribution in [0.3, 0.4) is 0 Å². The fraction of sp³-hybridized carbons (Fsp3) is 0.538. The number of rotatable bonds is 4. The molecule has 1 N–H and O–H groups in total. The van der Waals surface area contributed by atoms with Crippen LogP contribution in [0.4, 0.5) is 4.39 Å². The van der Waals surface area contributed by atoms with Crippen LogP contribution in [-0.4, -0.2) is 33.0 Å². The second-order valence-corrected chi connectivity index (χ2v) is 8.14. The number of nitrogens with one attached hydrogen (secondary N) is 1. The first-order chi connectivity index (χ1) is 8.91. The maximum Gasteiger partial charge on any atom is 0.150 e. The lowest BCUT2D eigenvalue weighted by Crippen LogP contribution is -2.36. The molecule has 0 aromatic heterocycles. The minimum absolute atomic E-state index is 0.00653. The summed E-state index contributed by atoms with van der Waals surface area (Å²) in [5, 5.41) is 3.13. The van der Waals surface area contributed by atoms with Gasteiger partial charge in [0.05, 0.1) is 11.5 Å². The molecule has 1 fully saturated rings. The smallest absolute Gasteiger partial charge is 0.150 e. The summed E-state index contributed by atoms with van der Waals surface area (Å²) in [4.78, 5) is 0. The molecule has 106 valence electrons. The SMILES string of the molecule is CNC(Cc1ccc(Br)cc1F)C1CCS(=O)(=O)C1. The summed E-state index contributed by atoms with van der Waals surface area (Å²) in [5.41, 5.74) is 0.617. The average molecular weight is 350 g/mol. The van der Waals surface area contributed by atoms with Crippen molar-refractivity contribution in [2.75, 3.05) is 18.6 Å². The Labute approximate surface area is 121 Å². The monoisotopic (exact) mass is 349 g/mol. The zero-order valence-electron chi connectivity index (χ0n) is 10.7. The highest BCUT2D eigenvalue weighted by Gasteiger charge is 2.33. The molecule has 1 aromatic rings. The van der Waals surface area contributed by atoms with Crippen molar-refractivity contribution in [2.45, 2.75) is 18.9 Å². The Kier molecular flexibility index (Phi) is 4.63. The predicted octanol–water partition coefficient (Wildman–Crippen LogP) is 2.15. The van der Waals surface area contributed by atoms with Crippen LogP contribution in [0, 0.1) is 11.7 Å². The van der Waals surface area contributed by atoms with Crippen molar-refractivity contribution in [1.29, 1.82) is 0 Å². The zero-order valence-corrected chi connectivity index (χ0v) is 13.1. The van der Waals surface area contributed by atoms with Gasteiger partial charge in [-0.3, -0.25) is 0 Å². The molecule has 6 heteroatoms. The second-order valence-electron chi connectivity index (χ2n) is 5.00. The Bertz CT molecular complexity index is 562. The maximum atomic E-state index is 13.8. The predicted molar refractivity (Wildman–Crippen MR) is 77.4 cm³/mol. The molecule has 1 aliphatic rings. The van der Waals surface area contributed by atoms with Gasteiger partial charge in [0.2, 0.25) is 0 Å². The van der Waals surface area contributed by atoms with E-state index >= 15 is 0 Å². The topological polar surface area (TPSA) is 46.2 Å². The van der Waals surface area contributed by atoms with Gasteiger partial charge in [-0.15, -0.1) is 0 Å². The number of benzene rings is 1. The van der Waals surface area contributed by atoms with E-state index in [1.54, 1.807) is 19.2 Å². The number of hydrogen-bond donors (Lipinski definition) is 1. The number of sulfone groups is 1. The van der Waals surface area contributed by atoms with E-state index in [0.29, 0.717) is 22.9 Å². The zero-order chi connectivity index (χ0) is 14.0. The third-order valence-corrected chi connectivity index (χ3v) is 5.95.